The molecule has 0 radical (unpaired) electrons. The lowest BCUT2D eigenvalue weighted by molar-refractivity contribution is -0.119. The van der Waals surface area contributed by atoms with E-state index in [4.69, 9.17) is 0 Å². The minimum Gasteiger partial charge on any atom is -0.350 e. The largest absolute Gasteiger partial charge is 0.350 e. The monoisotopic (exact) mass is 384 g/mol. The second kappa shape index (κ2) is 7.35. The maximum Gasteiger partial charge on any atom is 0.251 e. The fraction of sp³-hybridized carbons (Fsp3) is 0.333. The first-order chi connectivity index (χ1) is 13.0. The van der Waals surface area contributed by atoms with E-state index in [-0.39, 0.29) is 23.3 Å². The van der Waals surface area contributed by atoms with Crippen molar-refractivity contribution < 1.29 is 9.18 Å². The number of aromatic nitrogens is 1. The number of amides is 1. The SMILES string of the molecule is CSc1ccc(/C(=C\[C@H]2CCC(=O)N2)c2ccc(C3CC3)c(=O)[nH]2)cc1F. The van der Waals surface area contributed by atoms with Gasteiger partial charge < -0.3 is 10.3 Å². The molecule has 4 rings (SSSR count). The van der Waals surface area contributed by atoms with Crippen molar-refractivity contribution in [1.82, 2.24) is 10.3 Å². The second-order valence-corrected chi connectivity index (χ2v) is 7.92. The van der Waals surface area contributed by atoms with Crippen LogP contribution in [0.25, 0.3) is 5.57 Å². The molecule has 1 saturated carbocycles. The highest BCUT2D eigenvalue weighted by Gasteiger charge is 2.26. The summed E-state index contributed by atoms with van der Waals surface area (Å²) >= 11 is 1.35. The van der Waals surface area contributed by atoms with Gasteiger partial charge in [0.15, 0.2) is 0 Å². The van der Waals surface area contributed by atoms with E-state index in [0.29, 0.717) is 34.9 Å². The van der Waals surface area contributed by atoms with Crippen LogP contribution in [0.1, 0.15) is 48.4 Å². The third-order valence-electron chi connectivity index (χ3n) is 5.11. The predicted molar refractivity (Wildman–Crippen MR) is 105 cm³/mol. The molecule has 27 heavy (non-hydrogen) atoms. The van der Waals surface area contributed by atoms with Crippen LogP contribution >= 0.6 is 11.8 Å². The summed E-state index contributed by atoms with van der Waals surface area (Å²) in [6.07, 6.45) is 7.03. The molecule has 2 heterocycles. The number of halogens is 1. The van der Waals surface area contributed by atoms with E-state index in [0.717, 1.165) is 24.0 Å². The molecule has 2 fully saturated rings. The van der Waals surface area contributed by atoms with Gasteiger partial charge >= 0.3 is 0 Å². The molecular formula is C21H21FN2O2S. The van der Waals surface area contributed by atoms with Gasteiger partial charge in [0.05, 0.1) is 0 Å². The van der Waals surface area contributed by atoms with Gasteiger partial charge in [-0.05, 0) is 55.2 Å². The van der Waals surface area contributed by atoms with Gasteiger partial charge in [0, 0.05) is 34.2 Å². The Bertz CT molecular complexity index is 978. The van der Waals surface area contributed by atoms with Crippen LogP contribution in [0.4, 0.5) is 4.39 Å². The Balaban J connectivity index is 1.77. The van der Waals surface area contributed by atoms with Crippen LogP contribution in [0, 0.1) is 5.82 Å². The zero-order chi connectivity index (χ0) is 19.0. The number of carbonyl (C=O) groups is 1. The fourth-order valence-electron chi connectivity index (χ4n) is 3.50. The first-order valence-electron chi connectivity index (χ1n) is 9.14. The lowest BCUT2D eigenvalue weighted by Crippen LogP contribution is -2.23. The second-order valence-electron chi connectivity index (χ2n) is 7.07. The molecule has 0 bridgehead atoms. The average molecular weight is 384 g/mol. The molecule has 1 saturated heterocycles. The average Bonchev–Trinajstić information content (AvgIpc) is 3.41. The molecule has 1 aromatic carbocycles. The van der Waals surface area contributed by atoms with Gasteiger partial charge in [0.1, 0.15) is 5.82 Å². The number of benzene rings is 1. The number of H-pyrrole nitrogens is 1. The van der Waals surface area contributed by atoms with Crippen LogP contribution in [0.2, 0.25) is 0 Å². The Morgan fingerprint density at radius 2 is 2.00 bits per heavy atom. The third kappa shape index (κ3) is 3.86. The molecule has 1 amide bonds. The molecule has 2 aromatic rings. The number of rotatable bonds is 5. The summed E-state index contributed by atoms with van der Waals surface area (Å²) in [6, 6.07) is 8.72. The number of aromatic amines is 1. The quantitative estimate of drug-likeness (QED) is 0.771. The first kappa shape index (κ1) is 18.0. The van der Waals surface area contributed by atoms with Crippen LogP contribution in [-0.4, -0.2) is 23.2 Å². The molecular weight excluding hydrogens is 363 g/mol. The number of carbonyl (C=O) groups excluding carboxylic acids is 1. The lowest BCUT2D eigenvalue weighted by Gasteiger charge is -2.13. The van der Waals surface area contributed by atoms with Crippen LogP contribution in [-0.2, 0) is 4.79 Å². The van der Waals surface area contributed by atoms with Crippen LogP contribution in [0.15, 0.2) is 46.1 Å². The van der Waals surface area contributed by atoms with Crippen LogP contribution in [0.5, 0.6) is 0 Å². The summed E-state index contributed by atoms with van der Waals surface area (Å²) in [5.41, 5.74) is 2.78. The molecule has 4 nitrogen and oxygen atoms in total. The molecule has 0 unspecified atom stereocenters. The van der Waals surface area contributed by atoms with E-state index in [2.05, 4.69) is 10.3 Å². The summed E-state index contributed by atoms with van der Waals surface area (Å²) in [5, 5.41) is 2.91. The van der Waals surface area contributed by atoms with Crippen molar-refractivity contribution in [2.24, 2.45) is 0 Å². The topological polar surface area (TPSA) is 62.0 Å². The van der Waals surface area contributed by atoms with E-state index in [1.807, 2.05) is 30.5 Å². The van der Waals surface area contributed by atoms with Crippen LogP contribution in [0.3, 0.4) is 0 Å². The van der Waals surface area contributed by atoms with Crippen molar-refractivity contribution in [3.8, 4) is 0 Å². The molecule has 1 aromatic heterocycles. The minimum atomic E-state index is -0.293. The van der Waals surface area contributed by atoms with Crippen LogP contribution < -0.4 is 10.9 Å². The van der Waals surface area contributed by atoms with Crippen molar-refractivity contribution in [2.75, 3.05) is 6.26 Å². The third-order valence-corrected chi connectivity index (χ3v) is 5.88. The number of nitrogens with one attached hydrogen (secondary N) is 2. The van der Waals surface area contributed by atoms with Gasteiger partial charge in [-0.1, -0.05) is 18.2 Å². The van der Waals surface area contributed by atoms with Gasteiger partial charge in [-0.25, -0.2) is 4.39 Å². The molecule has 140 valence electrons. The summed E-state index contributed by atoms with van der Waals surface area (Å²) in [5.74, 6) is 0.0815. The van der Waals surface area contributed by atoms with Gasteiger partial charge in [0.25, 0.3) is 5.56 Å². The zero-order valence-electron chi connectivity index (χ0n) is 15.0. The summed E-state index contributed by atoms with van der Waals surface area (Å²) in [4.78, 5) is 27.6. The summed E-state index contributed by atoms with van der Waals surface area (Å²) in [6.45, 7) is 0. The highest BCUT2D eigenvalue weighted by molar-refractivity contribution is 7.98. The fourth-order valence-corrected chi connectivity index (χ4v) is 3.96. The van der Waals surface area contributed by atoms with E-state index >= 15 is 0 Å². The number of thioether (sulfide) groups is 1. The first-order valence-corrected chi connectivity index (χ1v) is 10.4. The normalized spacial score (nSPS) is 20.0. The Labute approximate surface area is 161 Å². The molecule has 6 heteroatoms. The smallest absolute Gasteiger partial charge is 0.251 e. The van der Waals surface area contributed by atoms with E-state index in [9.17, 15) is 14.0 Å². The lowest BCUT2D eigenvalue weighted by atomic mass is 9.98. The number of pyridine rings is 1. The highest BCUT2D eigenvalue weighted by atomic mass is 32.2. The van der Waals surface area contributed by atoms with Gasteiger partial charge in [-0.2, -0.15) is 0 Å². The molecule has 1 aliphatic heterocycles. The Morgan fingerprint density at radius 1 is 1.19 bits per heavy atom. The van der Waals surface area contributed by atoms with Crippen molar-refractivity contribution in [3.05, 3.63) is 69.4 Å². The highest BCUT2D eigenvalue weighted by Crippen LogP contribution is 2.38. The minimum absolute atomic E-state index is 0.0112. The van der Waals surface area contributed by atoms with Gasteiger partial charge in [0.2, 0.25) is 5.91 Å². The predicted octanol–water partition coefficient (Wildman–Crippen LogP) is 3.82. The Hall–Kier alpha value is -2.34. The maximum absolute atomic E-state index is 14.4. The number of hydrogen-bond donors (Lipinski definition) is 2. The number of hydrogen-bond acceptors (Lipinski definition) is 3. The summed E-state index contributed by atoms with van der Waals surface area (Å²) < 4.78 is 14.4. The van der Waals surface area contributed by atoms with Gasteiger partial charge in [-0.15, -0.1) is 11.8 Å². The van der Waals surface area contributed by atoms with Crippen molar-refractivity contribution in [3.63, 3.8) is 0 Å². The Kier molecular flexibility index (Phi) is 4.91. The molecule has 1 atom stereocenters. The van der Waals surface area contributed by atoms with E-state index in [1.165, 1.54) is 17.8 Å². The molecule has 2 N–H and O–H groups in total. The maximum atomic E-state index is 14.4. The van der Waals surface area contributed by atoms with Gasteiger partial charge in [-0.3, -0.25) is 9.59 Å². The van der Waals surface area contributed by atoms with Crippen molar-refractivity contribution >= 4 is 23.2 Å². The van der Waals surface area contributed by atoms with Crippen molar-refractivity contribution in [1.29, 1.82) is 0 Å². The van der Waals surface area contributed by atoms with E-state index < -0.39 is 0 Å². The van der Waals surface area contributed by atoms with Crippen molar-refractivity contribution in [2.45, 2.75) is 42.5 Å². The molecule has 2 aliphatic rings. The van der Waals surface area contributed by atoms with E-state index in [1.54, 1.807) is 6.07 Å². The molecule has 1 aliphatic carbocycles. The zero-order valence-corrected chi connectivity index (χ0v) is 15.9. The molecule has 0 spiro atoms. The standard InChI is InChI=1S/C21H21FN2O2S/c1-27-19-8-4-13(10-17(19)22)16(11-14-5-9-20(25)23-14)18-7-6-15(12-2-3-12)21(26)24-18/h4,6-8,10-12,14H,2-3,5,9H2,1H3,(H,23,25)(H,24,26)/b16-11+/t14-/m1/s1. The summed E-state index contributed by atoms with van der Waals surface area (Å²) in [7, 11) is 0. The Morgan fingerprint density at radius 3 is 2.59 bits per heavy atom.